The van der Waals surface area contributed by atoms with Gasteiger partial charge in [0.2, 0.25) is 0 Å². The van der Waals surface area contributed by atoms with Gasteiger partial charge in [-0.3, -0.25) is 9.59 Å². The normalized spacial score (nSPS) is 14.6. The molecule has 1 aromatic heterocycles. The van der Waals surface area contributed by atoms with Gasteiger partial charge >= 0.3 is 5.97 Å². The maximum absolute atomic E-state index is 12.7. The Labute approximate surface area is 150 Å². The molecule has 1 fully saturated rings. The first-order valence-corrected chi connectivity index (χ1v) is 9.28. The molecular formula is C19H21NO4S. The molecule has 1 heterocycles. The van der Waals surface area contributed by atoms with Crippen LogP contribution in [0.1, 0.15) is 47.4 Å². The molecule has 0 radical (unpaired) electrons. The van der Waals surface area contributed by atoms with Crippen molar-refractivity contribution in [3.05, 3.63) is 47.4 Å². The molecule has 1 aromatic carbocycles. The lowest BCUT2D eigenvalue weighted by molar-refractivity contribution is -0.136. The number of carboxylic acids is 1. The molecule has 2 aromatic rings. The number of carbonyl (C=O) groups excluding carboxylic acids is 1. The van der Waals surface area contributed by atoms with Gasteiger partial charge in [-0.25, -0.2) is 0 Å². The Morgan fingerprint density at radius 2 is 2.00 bits per heavy atom. The first-order valence-electron chi connectivity index (χ1n) is 8.40. The number of thioether (sulfide) groups is 1. The molecule has 1 aliphatic carbocycles. The van der Waals surface area contributed by atoms with E-state index in [4.69, 9.17) is 9.52 Å². The first kappa shape index (κ1) is 17.6. The number of carboxylic acid groups (broad SMARTS) is 1. The summed E-state index contributed by atoms with van der Waals surface area (Å²) in [5.74, 6) is -1.18. The number of anilines is 1. The second-order valence-electron chi connectivity index (χ2n) is 6.26. The zero-order chi connectivity index (χ0) is 17.8. The maximum atomic E-state index is 12.7. The Morgan fingerprint density at radius 1 is 1.28 bits per heavy atom. The van der Waals surface area contributed by atoms with Gasteiger partial charge in [-0.2, -0.15) is 0 Å². The van der Waals surface area contributed by atoms with E-state index in [1.54, 1.807) is 18.7 Å². The molecule has 0 aliphatic heterocycles. The van der Waals surface area contributed by atoms with E-state index in [2.05, 4.69) is 5.32 Å². The van der Waals surface area contributed by atoms with Crippen molar-refractivity contribution in [1.29, 1.82) is 0 Å². The number of hydrogen-bond donors (Lipinski definition) is 2. The van der Waals surface area contributed by atoms with Crippen LogP contribution in [-0.2, 0) is 11.2 Å². The number of aliphatic carboxylic acids is 1. The van der Waals surface area contributed by atoms with Gasteiger partial charge in [-0.15, -0.1) is 11.8 Å². The number of carbonyl (C=O) groups is 2. The van der Waals surface area contributed by atoms with Crippen molar-refractivity contribution >= 4 is 29.3 Å². The number of furan rings is 1. The van der Waals surface area contributed by atoms with Crippen molar-refractivity contribution in [2.24, 2.45) is 0 Å². The SMILES string of the molecule is Cc1coc(CC(=O)O)c1C(=O)Nc1ccccc1SC1CCCC1. The van der Waals surface area contributed by atoms with Gasteiger partial charge in [-0.05, 0) is 31.9 Å². The van der Waals surface area contributed by atoms with E-state index < -0.39 is 5.97 Å². The molecule has 2 N–H and O–H groups in total. The minimum Gasteiger partial charge on any atom is -0.481 e. The van der Waals surface area contributed by atoms with Crippen molar-refractivity contribution < 1.29 is 19.1 Å². The number of hydrogen-bond acceptors (Lipinski definition) is 4. The molecule has 1 saturated carbocycles. The fraction of sp³-hybridized carbons (Fsp3) is 0.368. The minimum atomic E-state index is -1.03. The third-order valence-corrected chi connectivity index (χ3v) is 5.74. The van der Waals surface area contributed by atoms with E-state index in [-0.39, 0.29) is 18.1 Å². The smallest absolute Gasteiger partial charge is 0.311 e. The van der Waals surface area contributed by atoms with Gasteiger partial charge in [0, 0.05) is 15.7 Å². The molecule has 25 heavy (non-hydrogen) atoms. The van der Waals surface area contributed by atoms with Crippen LogP contribution in [0.2, 0.25) is 0 Å². The lowest BCUT2D eigenvalue weighted by Crippen LogP contribution is -2.16. The Balaban J connectivity index is 1.79. The largest absolute Gasteiger partial charge is 0.481 e. The molecule has 1 amide bonds. The highest BCUT2D eigenvalue weighted by molar-refractivity contribution is 8.00. The first-order chi connectivity index (χ1) is 12.0. The van der Waals surface area contributed by atoms with Crippen LogP contribution in [0.4, 0.5) is 5.69 Å². The third-order valence-electron chi connectivity index (χ3n) is 4.32. The van der Waals surface area contributed by atoms with Crippen molar-refractivity contribution in [3.8, 4) is 0 Å². The average molecular weight is 359 g/mol. The lowest BCUT2D eigenvalue weighted by atomic mass is 10.1. The minimum absolute atomic E-state index is 0.184. The molecule has 0 bridgehead atoms. The van der Waals surface area contributed by atoms with Crippen LogP contribution in [-0.4, -0.2) is 22.2 Å². The summed E-state index contributed by atoms with van der Waals surface area (Å²) < 4.78 is 5.26. The van der Waals surface area contributed by atoms with E-state index in [0.29, 0.717) is 16.4 Å². The summed E-state index contributed by atoms with van der Waals surface area (Å²) in [4.78, 5) is 24.7. The predicted octanol–water partition coefficient (Wildman–Crippen LogP) is 4.50. The zero-order valence-electron chi connectivity index (χ0n) is 14.1. The Morgan fingerprint density at radius 3 is 2.72 bits per heavy atom. The molecule has 0 atom stereocenters. The van der Waals surface area contributed by atoms with E-state index in [9.17, 15) is 9.59 Å². The highest BCUT2D eigenvalue weighted by Gasteiger charge is 2.22. The van der Waals surface area contributed by atoms with Gasteiger partial charge in [0.05, 0.1) is 17.5 Å². The number of benzene rings is 1. The van der Waals surface area contributed by atoms with Gasteiger partial charge in [0.25, 0.3) is 5.91 Å². The van der Waals surface area contributed by atoms with Crippen molar-refractivity contribution in [3.63, 3.8) is 0 Å². The van der Waals surface area contributed by atoms with Crippen LogP contribution in [0.5, 0.6) is 0 Å². The lowest BCUT2D eigenvalue weighted by Gasteiger charge is -2.14. The predicted molar refractivity (Wildman–Crippen MR) is 97.3 cm³/mol. The summed E-state index contributed by atoms with van der Waals surface area (Å²) in [6.07, 6.45) is 6.05. The monoisotopic (exact) mass is 359 g/mol. The number of para-hydroxylation sites is 1. The van der Waals surface area contributed by atoms with Gasteiger partial charge in [0.1, 0.15) is 12.2 Å². The van der Waals surface area contributed by atoms with Gasteiger partial charge in [0.15, 0.2) is 0 Å². The summed E-state index contributed by atoms with van der Waals surface area (Å²) in [5.41, 5.74) is 1.70. The number of rotatable bonds is 6. The topological polar surface area (TPSA) is 79.5 Å². The second kappa shape index (κ2) is 7.78. The van der Waals surface area contributed by atoms with Crippen molar-refractivity contribution in [1.82, 2.24) is 0 Å². The van der Waals surface area contributed by atoms with E-state index in [1.165, 1.54) is 31.9 Å². The fourth-order valence-corrected chi connectivity index (χ4v) is 4.44. The van der Waals surface area contributed by atoms with Crippen LogP contribution in [0, 0.1) is 6.92 Å². The van der Waals surface area contributed by atoms with Gasteiger partial charge in [-0.1, -0.05) is 25.0 Å². The molecule has 6 heteroatoms. The Hall–Kier alpha value is -2.21. The van der Waals surface area contributed by atoms with Gasteiger partial charge < -0.3 is 14.8 Å². The van der Waals surface area contributed by atoms with Crippen molar-refractivity contribution in [2.45, 2.75) is 49.2 Å². The van der Waals surface area contributed by atoms with E-state index >= 15 is 0 Å². The van der Waals surface area contributed by atoms with Crippen LogP contribution in [0.25, 0.3) is 0 Å². The average Bonchev–Trinajstić information content (AvgIpc) is 3.19. The van der Waals surface area contributed by atoms with Crippen LogP contribution in [0.3, 0.4) is 0 Å². The second-order valence-corrected chi connectivity index (χ2v) is 7.60. The molecular weight excluding hydrogens is 338 g/mol. The molecule has 3 rings (SSSR count). The summed E-state index contributed by atoms with van der Waals surface area (Å²) in [5, 5.41) is 12.5. The van der Waals surface area contributed by atoms with E-state index in [1.807, 2.05) is 24.3 Å². The summed E-state index contributed by atoms with van der Waals surface area (Å²) in [6, 6.07) is 7.74. The molecule has 0 saturated heterocycles. The number of nitrogens with one attached hydrogen (secondary N) is 1. The summed E-state index contributed by atoms with van der Waals surface area (Å²) in [7, 11) is 0. The van der Waals surface area contributed by atoms with Crippen LogP contribution >= 0.6 is 11.8 Å². The quantitative estimate of drug-likeness (QED) is 0.794. The van der Waals surface area contributed by atoms with Crippen LogP contribution in [0.15, 0.2) is 39.8 Å². The molecule has 5 nitrogen and oxygen atoms in total. The molecule has 0 unspecified atom stereocenters. The fourth-order valence-electron chi connectivity index (χ4n) is 3.11. The number of amides is 1. The van der Waals surface area contributed by atoms with E-state index in [0.717, 1.165) is 10.6 Å². The Bertz CT molecular complexity index is 777. The Kier molecular flexibility index (Phi) is 5.48. The maximum Gasteiger partial charge on any atom is 0.311 e. The summed E-state index contributed by atoms with van der Waals surface area (Å²) in [6.45, 7) is 1.74. The van der Waals surface area contributed by atoms with Crippen molar-refractivity contribution in [2.75, 3.05) is 5.32 Å². The zero-order valence-corrected chi connectivity index (χ0v) is 14.9. The molecule has 1 aliphatic rings. The standard InChI is InChI=1S/C19H21NO4S/c1-12-11-24-15(10-17(21)22)18(12)19(23)20-14-8-4-5-9-16(14)25-13-6-2-3-7-13/h4-5,8-9,11,13H,2-3,6-7,10H2,1H3,(H,20,23)(H,21,22). The number of aryl methyl sites for hydroxylation is 1. The molecule has 132 valence electrons. The molecule has 0 spiro atoms. The highest BCUT2D eigenvalue weighted by Crippen LogP contribution is 2.38. The summed E-state index contributed by atoms with van der Waals surface area (Å²) >= 11 is 1.80. The third kappa shape index (κ3) is 4.25. The highest BCUT2D eigenvalue weighted by atomic mass is 32.2. The van der Waals surface area contributed by atoms with Crippen LogP contribution < -0.4 is 5.32 Å².